The second kappa shape index (κ2) is 8.21. The highest BCUT2D eigenvalue weighted by atomic mass is 19.4. The van der Waals surface area contributed by atoms with Crippen LogP contribution in [0.2, 0.25) is 0 Å². The van der Waals surface area contributed by atoms with Crippen LogP contribution < -0.4 is 10.2 Å². The molecule has 3 heterocycles. The Hall–Kier alpha value is -3.50. The van der Waals surface area contributed by atoms with E-state index in [1.54, 1.807) is 18.3 Å². The molecule has 0 saturated carbocycles. The van der Waals surface area contributed by atoms with E-state index >= 15 is 0 Å². The molecule has 0 bridgehead atoms. The highest BCUT2D eigenvalue weighted by molar-refractivity contribution is 6.05. The molecule has 1 aliphatic heterocycles. The highest BCUT2D eigenvalue weighted by Gasteiger charge is 2.58. The number of carbonyl (C=O) groups excluding carboxylic acids is 1. The number of hydrogen-bond donors (Lipinski definition) is 2. The number of nitrogens with zero attached hydrogens (tertiary/aromatic N) is 3. The van der Waals surface area contributed by atoms with Crippen molar-refractivity contribution in [2.75, 3.05) is 23.3 Å². The Morgan fingerprint density at radius 1 is 1.03 bits per heavy atom. The minimum atomic E-state index is -5.70. The van der Waals surface area contributed by atoms with Crippen molar-refractivity contribution in [3.05, 3.63) is 59.9 Å². The van der Waals surface area contributed by atoms with Gasteiger partial charge < -0.3 is 10.2 Å². The van der Waals surface area contributed by atoms with Gasteiger partial charge in [0.25, 0.3) is 5.91 Å². The second-order valence-electron chi connectivity index (χ2n) is 7.36. The molecule has 1 saturated heterocycles. The predicted octanol–water partition coefficient (Wildman–Crippen LogP) is 4.98. The van der Waals surface area contributed by atoms with Gasteiger partial charge in [-0.05, 0) is 37.1 Å². The van der Waals surface area contributed by atoms with Gasteiger partial charge in [0.15, 0.2) is 0 Å². The van der Waals surface area contributed by atoms with E-state index in [1.165, 1.54) is 6.20 Å². The third-order valence-electron chi connectivity index (χ3n) is 5.19. The number of H-pyrrole nitrogens is 1. The minimum Gasteiger partial charge on any atom is -0.356 e. The van der Waals surface area contributed by atoms with E-state index in [2.05, 4.69) is 25.4 Å². The molecule has 1 amide bonds. The van der Waals surface area contributed by atoms with Gasteiger partial charge in [0, 0.05) is 42.3 Å². The Kier molecular flexibility index (Phi) is 5.57. The van der Waals surface area contributed by atoms with E-state index in [0.29, 0.717) is 29.2 Å². The van der Waals surface area contributed by atoms with E-state index in [9.17, 15) is 26.7 Å². The normalized spacial score (nSPS) is 14.6. The average Bonchev–Trinajstić information content (AvgIpc) is 3.47. The Morgan fingerprint density at radius 2 is 1.72 bits per heavy atom. The summed E-state index contributed by atoms with van der Waals surface area (Å²) < 4.78 is 64.4. The Balaban J connectivity index is 1.57. The molecule has 0 unspecified atom stereocenters. The molecule has 4 rings (SSSR count). The first-order valence-corrected chi connectivity index (χ1v) is 9.78. The van der Waals surface area contributed by atoms with Crippen molar-refractivity contribution in [2.45, 2.75) is 24.9 Å². The molecular weight excluding hydrogens is 433 g/mol. The number of aromatic amines is 1. The van der Waals surface area contributed by atoms with Crippen molar-refractivity contribution in [1.29, 1.82) is 0 Å². The lowest BCUT2D eigenvalue weighted by atomic mass is 10.1. The first-order valence-electron chi connectivity index (χ1n) is 9.78. The molecule has 1 aromatic carbocycles. The summed E-state index contributed by atoms with van der Waals surface area (Å²) in [4.78, 5) is 19.2. The molecule has 3 aromatic rings. The Labute approximate surface area is 179 Å². The molecular formula is C21H18F5N5O. The number of rotatable bonds is 5. The molecule has 168 valence electrons. The van der Waals surface area contributed by atoms with Crippen molar-refractivity contribution in [3.8, 4) is 11.3 Å². The maximum atomic E-state index is 13.4. The van der Waals surface area contributed by atoms with Crippen LogP contribution in [0.3, 0.4) is 0 Å². The fraction of sp³-hybridized carbons (Fsp3) is 0.286. The number of aromatic nitrogens is 3. The zero-order valence-corrected chi connectivity index (χ0v) is 16.6. The molecule has 11 heteroatoms. The quantitative estimate of drug-likeness (QED) is 0.537. The Bertz CT molecular complexity index is 1090. The summed E-state index contributed by atoms with van der Waals surface area (Å²) in [6.07, 6.45) is -0.655. The zero-order chi connectivity index (χ0) is 22.9. The lowest BCUT2D eigenvalue weighted by molar-refractivity contribution is -0.289. The van der Waals surface area contributed by atoms with E-state index in [4.69, 9.17) is 0 Å². The molecule has 0 radical (unpaired) electrons. The fourth-order valence-corrected chi connectivity index (χ4v) is 3.50. The third kappa shape index (κ3) is 4.14. The number of benzene rings is 1. The molecule has 6 nitrogen and oxygen atoms in total. The van der Waals surface area contributed by atoms with Gasteiger partial charge in [-0.3, -0.25) is 9.89 Å². The van der Waals surface area contributed by atoms with Crippen LogP contribution in [-0.2, 0) is 5.92 Å². The van der Waals surface area contributed by atoms with Gasteiger partial charge in [-0.15, -0.1) is 0 Å². The predicted molar refractivity (Wildman–Crippen MR) is 108 cm³/mol. The first kappa shape index (κ1) is 21.7. The lowest BCUT2D eigenvalue weighted by Crippen LogP contribution is -2.33. The molecule has 0 spiro atoms. The zero-order valence-electron chi connectivity index (χ0n) is 16.6. The van der Waals surface area contributed by atoms with Gasteiger partial charge in [0.2, 0.25) is 0 Å². The summed E-state index contributed by atoms with van der Waals surface area (Å²) in [5.41, 5.74) is 0.414. The standard InChI is InChI=1S/C21H18F5N5O/c22-20(23,21(24,25)26)14-3-5-15(6-4-14)29-19(32)13-11-16(17-7-8-28-30-17)18(27-12-13)31-9-1-2-10-31/h3-8,11-12H,1-2,9-10H2,(H,28,30)(H,29,32). The number of alkyl halides is 5. The summed E-state index contributed by atoms with van der Waals surface area (Å²) in [5, 5.41) is 9.29. The number of pyridine rings is 1. The van der Waals surface area contributed by atoms with E-state index in [0.717, 1.165) is 38.1 Å². The number of amides is 1. The van der Waals surface area contributed by atoms with Crippen LogP contribution in [0.15, 0.2) is 48.8 Å². The van der Waals surface area contributed by atoms with Gasteiger partial charge in [-0.2, -0.15) is 27.1 Å². The van der Waals surface area contributed by atoms with Crippen LogP contribution in [0, 0.1) is 0 Å². The molecule has 0 aliphatic carbocycles. The van der Waals surface area contributed by atoms with Gasteiger partial charge in [0.1, 0.15) is 5.82 Å². The van der Waals surface area contributed by atoms with Crippen molar-refractivity contribution in [2.24, 2.45) is 0 Å². The summed E-state index contributed by atoms with van der Waals surface area (Å²) >= 11 is 0. The van der Waals surface area contributed by atoms with Crippen LogP contribution in [0.4, 0.5) is 33.5 Å². The van der Waals surface area contributed by atoms with Crippen LogP contribution in [0.1, 0.15) is 28.8 Å². The number of carbonyl (C=O) groups is 1. The van der Waals surface area contributed by atoms with Gasteiger partial charge in [0.05, 0.1) is 11.3 Å². The topological polar surface area (TPSA) is 73.9 Å². The monoisotopic (exact) mass is 451 g/mol. The minimum absolute atomic E-state index is 0.0726. The van der Waals surface area contributed by atoms with Crippen LogP contribution in [-0.4, -0.2) is 40.4 Å². The van der Waals surface area contributed by atoms with Gasteiger partial charge in [-0.1, -0.05) is 12.1 Å². The summed E-state index contributed by atoms with van der Waals surface area (Å²) in [6.45, 7) is 1.68. The Morgan fingerprint density at radius 3 is 2.31 bits per heavy atom. The van der Waals surface area contributed by atoms with Crippen LogP contribution in [0.25, 0.3) is 11.3 Å². The first-order chi connectivity index (χ1) is 15.2. The van der Waals surface area contributed by atoms with Gasteiger partial charge >= 0.3 is 12.1 Å². The number of halogens is 5. The highest BCUT2D eigenvalue weighted by Crippen LogP contribution is 2.44. The number of nitrogens with one attached hydrogen (secondary N) is 2. The van der Waals surface area contributed by atoms with Gasteiger partial charge in [-0.25, -0.2) is 4.98 Å². The van der Waals surface area contributed by atoms with Crippen molar-refractivity contribution in [3.63, 3.8) is 0 Å². The number of anilines is 2. The third-order valence-corrected chi connectivity index (χ3v) is 5.19. The second-order valence-corrected chi connectivity index (χ2v) is 7.36. The summed E-state index contributed by atoms with van der Waals surface area (Å²) in [5.74, 6) is -4.85. The van der Waals surface area contributed by atoms with Crippen LogP contribution >= 0.6 is 0 Å². The average molecular weight is 451 g/mol. The van der Waals surface area contributed by atoms with Crippen molar-refractivity contribution < 1.29 is 26.7 Å². The molecule has 32 heavy (non-hydrogen) atoms. The van der Waals surface area contributed by atoms with Crippen molar-refractivity contribution in [1.82, 2.24) is 15.2 Å². The maximum Gasteiger partial charge on any atom is 0.458 e. The van der Waals surface area contributed by atoms with Crippen molar-refractivity contribution >= 4 is 17.4 Å². The van der Waals surface area contributed by atoms with E-state index in [-0.39, 0.29) is 11.3 Å². The van der Waals surface area contributed by atoms with E-state index < -0.39 is 23.6 Å². The lowest BCUT2D eigenvalue weighted by Gasteiger charge is -2.20. The fourth-order valence-electron chi connectivity index (χ4n) is 3.50. The smallest absolute Gasteiger partial charge is 0.356 e. The largest absolute Gasteiger partial charge is 0.458 e. The molecule has 2 aromatic heterocycles. The molecule has 0 atom stereocenters. The maximum absolute atomic E-state index is 13.4. The SMILES string of the molecule is O=C(Nc1ccc(C(F)(F)C(F)(F)F)cc1)c1cnc(N2CCCC2)c(-c2ccn[nH]2)c1. The number of hydrogen-bond acceptors (Lipinski definition) is 4. The molecule has 1 fully saturated rings. The van der Waals surface area contributed by atoms with Crippen LogP contribution in [0.5, 0.6) is 0 Å². The summed E-state index contributed by atoms with van der Waals surface area (Å²) in [6, 6.07) is 6.64. The summed E-state index contributed by atoms with van der Waals surface area (Å²) in [7, 11) is 0. The van der Waals surface area contributed by atoms with E-state index in [1.807, 2.05) is 0 Å². The molecule has 2 N–H and O–H groups in total. The molecule has 1 aliphatic rings.